The number of rotatable bonds is 5. The first kappa shape index (κ1) is 16.4. The Morgan fingerprint density at radius 3 is 2.62 bits per heavy atom. The third-order valence-corrected chi connectivity index (χ3v) is 4.73. The highest BCUT2D eigenvalue weighted by Gasteiger charge is 2.43. The van der Waals surface area contributed by atoms with Crippen molar-refractivity contribution in [3.8, 4) is 0 Å². The van der Waals surface area contributed by atoms with E-state index in [1.165, 1.54) is 0 Å². The van der Waals surface area contributed by atoms with E-state index in [0.717, 1.165) is 18.4 Å². The maximum Gasteiger partial charge on any atom is 0.317 e. The second-order valence-corrected chi connectivity index (χ2v) is 6.67. The summed E-state index contributed by atoms with van der Waals surface area (Å²) in [4.78, 5) is 13.8. The van der Waals surface area contributed by atoms with E-state index >= 15 is 0 Å². The van der Waals surface area contributed by atoms with Crippen molar-refractivity contribution in [2.24, 2.45) is 5.41 Å². The maximum absolute atomic E-state index is 12.2. The zero-order valence-electron chi connectivity index (χ0n) is 12.2. The van der Waals surface area contributed by atoms with E-state index in [4.69, 9.17) is 23.2 Å². The van der Waals surface area contributed by atoms with Gasteiger partial charge in [-0.15, -0.1) is 0 Å². The van der Waals surface area contributed by atoms with Crippen LogP contribution in [0.1, 0.15) is 31.4 Å². The Morgan fingerprint density at radius 2 is 2.10 bits per heavy atom. The smallest absolute Gasteiger partial charge is 0.317 e. The minimum atomic E-state index is -0.168. The largest absolute Gasteiger partial charge is 0.396 e. The molecule has 21 heavy (non-hydrogen) atoms. The van der Waals surface area contributed by atoms with E-state index in [-0.39, 0.29) is 24.1 Å². The van der Waals surface area contributed by atoms with Crippen LogP contribution in [-0.4, -0.2) is 36.2 Å². The SMILES string of the molecule is CC(NC(=O)N(C)CC1(CO)CC1)c1ccc(Cl)c(Cl)c1. The van der Waals surface area contributed by atoms with Gasteiger partial charge in [0.1, 0.15) is 0 Å². The molecule has 0 aliphatic heterocycles. The number of carbonyl (C=O) groups is 1. The van der Waals surface area contributed by atoms with Crippen LogP contribution in [-0.2, 0) is 0 Å². The normalized spacial score (nSPS) is 17.2. The molecule has 0 spiro atoms. The number of aliphatic hydroxyl groups is 1. The number of amides is 2. The Bertz CT molecular complexity index is 532. The summed E-state index contributed by atoms with van der Waals surface area (Å²) in [6.07, 6.45) is 1.95. The quantitative estimate of drug-likeness (QED) is 0.868. The topological polar surface area (TPSA) is 52.6 Å². The molecule has 2 amide bonds. The maximum atomic E-state index is 12.2. The summed E-state index contributed by atoms with van der Waals surface area (Å²) in [5, 5.41) is 13.2. The minimum Gasteiger partial charge on any atom is -0.396 e. The van der Waals surface area contributed by atoms with Crippen molar-refractivity contribution >= 4 is 29.2 Å². The number of carbonyl (C=O) groups excluding carboxylic acids is 1. The van der Waals surface area contributed by atoms with Gasteiger partial charge < -0.3 is 15.3 Å². The van der Waals surface area contributed by atoms with Gasteiger partial charge in [-0.2, -0.15) is 0 Å². The molecule has 0 saturated heterocycles. The van der Waals surface area contributed by atoms with Gasteiger partial charge in [0.15, 0.2) is 0 Å². The lowest BCUT2D eigenvalue weighted by Gasteiger charge is -2.25. The summed E-state index contributed by atoms with van der Waals surface area (Å²) in [5.41, 5.74) is 0.813. The van der Waals surface area contributed by atoms with Crippen LogP contribution < -0.4 is 5.32 Å². The Labute approximate surface area is 135 Å². The van der Waals surface area contributed by atoms with E-state index in [1.807, 2.05) is 13.0 Å². The Kier molecular flexibility index (Phi) is 5.02. The molecule has 1 atom stereocenters. The first-order chi connectivity index (χ1) is 9.87. The van der Waals surface area contributed by atoms with Gasteiger partial charge in [0.05, 0.1) is 22.7 Å². The van der Waals surface area contributed by atoms with Gasteiger partial charge in [-0.1, -0.05) is 29.3 Å². The molecule has 1 saturated carbocycles. The van der Waals surface area contributed by atoms with Crippen LogP contribution in [0.2, 0.25) is 10.0 Å². The van der Waals surface area contributed by atoms with Crippen LogP contribution >= 0.6 is 23.2 Å². The van der Waals surface area contributed by atoms with Gasteiger partial charge in [-0.05, 0) is 37.5 Å². The highest BCUT2D eigenvalue weighted by molar-refractivity contribution is 6.42. The fourth-order valence-electron chi connectivity index (χ4n) is 2.28. The molecular weight excluding hydrogens is 311 g/mol. The summed E-state index contributed by atoms with van der Waals surface area (Å²) in [7, 11) is 1.74. The molecule has 0 aromatic heterocycles. The summed E-state index contributed by atoms with van der Waals surface area (Å²) < 4.78 is 0. The molecule has 0 heterocycles. The molecule has 1 unspecified atom stereocenters. The van der Waals surface area contributed by atoms with Crippen molar-refractivity contribution in [1.29, 1.82) is 0 Å². The zero-order valence-corrected chi connectivity index (χ0v) is 13.7. The number of nitrogens with zero attached hydrogens (tertiary/aromatic N) is 1. The number of urea groups is 1. The van der Waals surface area contributed by atoms with Crippen LogP contribution in [0.3, 0.4) is 0 Å². The molecule has 1 aliphatic carbocycles. The average molecular weight is 331 g/mol. The van der Waals surface area contributed by atoms with E-state index < -0.39 is 0 Å². The summed E-state index contributed by atoms with van der Waals surface area (Å²) in [5.74, 6) is 0. The van der Waals surface area contributed by atoms with Gasteiger partial charge >= 0.3 is 6.03 Å². The Balaban J connectivity index is 1.93. The highest BCUT2D eigenvalue weighted by atomic mass is 35.5. The van der Waals surface area contributed by atoms with Gasteiger partial charge in [-0.25, -0.2) is 4.79 Å². The van der Waals surface area contributed by atoms with Crippen molar-refractivity contribution in [2.75, 3.05) is 20.2 Å². The third kappa shape index (κ3) is 4.02. The lowest BCUT2D eigenvalue weighted by molar-refractivity contribution is 0.160. The number of hydrogen-bond acceptors (Lipinski definition) is 2. The van der Waals surface area contributed by atoms with Gasteiger partial charge in [0.2, 0.25) is 0 Å². The number of hydrogen-bond donors (Lipinski definition) is 2. The molecule has 1 fully saturated rings. The number of halogens is 2. The van der Waals surface area contributed by atoms with Crippen LogP contribution in [0.25, 0.3) is 0 Å². The predicted octanol–water partition coefficient (Wildman–Crippen LogP) is 3.47. The number of nitrogens with one attached hydrogen (secondary N) is 1. The average Bonchev–Trinajstić information content (AvgIpc) is 3.21. The highest BCUT2D eigenvalue weighted by Crippen LogP contribution is 2.45. The van der Waals surface area contributed by atoms with Crippen molar-refractivity contribution < 1.29 is 9.90 Å². The zero-order chi connectivity index (χ0) is 15.6. The van der Waals surface area contributed by atoms with E-state index in [2.05, 4.69) is 5.32 Å². The standard InChI is InChI=1S/C15H20Cl2N2O2/c1-10(11-3-4-12(16)13(17)7-11)18-14(21)19(2)8-15(9-20)5-6-15/h3-4,7,10,20H,5-6,8-9H2,1-2H3,(H,18,21). The van der Waals surface area contributed by atoms with Gasteiger partial charge in [0, 0.05) is 19.0 Å². The Hall–Kier alpha value is -0.970. The van der Waals surface area contributed by atoms with Crippen LogP contribution in [0.4, 0.5) is 4.79 Å². The fourth-order valence-corrected chi connectivity index (χ4v) is 2.58. The molecule has 2 N–H and O–H groups in total. The second-order valence-electron chi connectivity index (χ2n) is 5.86. The molecule has 2 rings (SSSR count). The first-order valence-electron chi connectivity index (χ1n) is 6.94. The molecule has 116 valence electrons. The van der Waals surface area contributed by atoms with Crippen molar-refractivity contribution in [2.45, 2.75) is 25.8 Å². The molecular formula is C15H20Cl2N2O2. The molecule has 1 aromatic carbocycles. The molecule has 1 aromatic rings. The van der Waals surface area contributed by atoms with Gasteiger partial charge in [-0.3, -0.25) is 0 Å². The fraction of sp³-hybridized carbons (Fsp3) is 0.533. The Morgan fingerprint density at radius 1 is 1.43 bits per heavy atom. The van der Waals surface area contributed by atoms with Crippen LogP contribution in [0.15, 0.2) is 18.2 Å². The van der Waals surface area contributed by atoms with Gasteiger partial charge in [0.25, 0.3) is 0 Å². The molecule has 1 aliphatic rings. The molecule has 0 bridgehead atoms. The van der Waals surface area contributed by atoms with E-state index in [9.17, 15) is 9.90 Å². The van der Waals surface area contributed by atoms with Crippen molar-refractivity contribution in [3.05, 3.63) is 33.8 Å². The molecule has 6 heteroatoms. The van der Waals surface area contributed by atoms with E-state index in [1.54, 1.807) is 24.1 Å². The van der Waals surface area contributed by atoms with Crippen LogP contribution in [0.5, 0.6) is 0 Å². The summed E-state index contributed by atoms with van der Waals surface area (Å²) in [6.45, 7) is 2.60. The van der Waals surface area contributed by atoms with E-state index in [0.29, 0.717) is 16.6 Å². The lowest BCUT2D eigenvalue weighted by Crippen LogP contribution is -2.42. The summed E-state index contributed by atoms with van der Waals surface area (Å²) in [6, 6.07) is 4.99. The predicted molar refractivity (Wildman–Crippen MR) is 84.8 cm³/mol. The molecule has 0 radical (unpaired) electrons. The van der Waals surface area contributed by atoms with Crippen molar-refractivity contribution in [3.63, 3.8) is 0 Å². The monoisotopic (exact) mass is 330 g/mol. The van der Waals surface area contributed by atoms with Crippen LogP contribution in [0, 0.1) is 5.41 Å². The third-order valence-electron chi connectivity index (χ3n) is 4.00. The first-order valence-corrected chi connectivity index (χ1v) is 7.70. The van der Waals surface area contributed by atoms with Crippen molar-refractivity contribution in [1.82, 2.24) is 10.2 Å². The number of benzene rings is 1. The number of aliphatic hydroxyl groups excluding tert-OH is 1. The minimum absolute atomic E-state index is 0.0844. The lowest BCUT2D eigenvalue weighted by atomic mass is 10.1. The molecule has 4 nitrogen and oxygen atoms in total. The summed E-state index contributed by atoms with van der Waals surface area (Å²) >= 11 is 11.9. The second kappa shape index (κ2) is 6.42.